The Labute approximate surface area is 71.5 Å². The highest BCUT2D eigenvalue weighted by atomic mass is 127. The number of alkyl halides is 1. The van der Waals surface area contributed by atoms with Gasteiger partial charge in [0.25, 0.3) is 0 Å². The highest BCUT2D eigenvalue weighted by Crippen LogP contribution is 2.31. The number of rotatable bonds is 1. The molecular formula is C8H14I. The molecule has 0 aliphatic heterocycles. The van der Waals surface area contributed by atoms with Crippen molar-refractivity contribution in [2.75, 3.05) is 0 Å². The lowest BCUT2D eigenvalue weighted by Gasteiger charge is -2.25. The highest BCUT2D eigenvalue weighted by molar-refractivity contribution is 14.1. The lowest BCUT2D eigenvalue weighted by Crippen LogP contribution is -2.17. The first-order chi connectivity index (χ1) is 4.34. The summed E-state index contributed by atoms with van der Waals surface area (Å²) >= 11 is 2.58. The van der Waals surface area contributed by atoms with E-state index < -0.39 is 0 Å². The van der Waals surface area contributed by atoms with Gasteiger partial charge in [0.05, 0.1) is 0 Å². The molecule has 1 rings (SSSR count). The van der Waals surface area contributed by atoms with Crippen LogP contribution in [0.3, 0.4) is 0 Å². The predicted molar refractivity (Wildman–Crippen MR) is 49.7 cm³/mol. The molecule has 0 aromatic heterocycles. The van der Waals surface area contributed by atoms with Gasteiger partial charge in [0.1, 0.15) is 0 Å². The summed E-state index contributed by atoms with van der Waals surface area (Å²) in [5, 5.41) is 0. The fourth-order valence-electron chi connectivity index (χ4n) is 1.49. The van der Waals surface area contributed by atoms with Crippen molar-refractivity contribution in [1.82, 2.24) is 0 Å². The number of halogens is 1. The number of hydrogen-bond donors (Lipinski definition) is 0. The molecule has 1 fully saturated rings. The molecule has 0 spiro atoms. The first-order valence-corrected chi connectivity index (χ1v) is 5.02. The van der Waals surface area contributed by atoms with Gasteiger partial charge in [0.2, 0.25) is 0 Å². The second-order valence-corrected chi connectivity index (χ2v) is 4.45. The topological polar surface area (TPSA) is 0 Å². The zero-order chi connectivity index (χ0) is 6.69. The van der Waals surface area contributed by atoms with E-state index in [1.807, 2.05) is 0 Å². The minimum atomic E-state index is 0.925. The van der Waals surface area contributed by atoms with Crippen LogP contribution in [0.5, 0.6) is 0 Å². The fourth-order valence-corrected chi connectivity index (χ4v) is 2.65. The molecule has 0 amide bonds. The first kappa shape index (κ1) is 7.83. The molecule has 1 saturated carbocycles. The molecule has 1 radical (unpaired) electrons. The third-order valence-corrected chi connectivity index (χ3v) is 3.83. The Kier molecular flexibility index (Phi) is 3.30. The molecule has 2 atom stereocenters. The second-order valence-electron chi connectivity index (χ2n) is 2.85. The van der Waals surface area contributed by atoms with E-state index in [0.717, 1.165) is 16.3 Å². The molecule has 2 unspecified atom stereocenters. The second kappa shape index (κ2) is 3.79. The van der Waals surface area contributed by atoms with E-state index in [1.165, 1.54) is 25.7 Å². The Morgan fingerprint density at radius 3 is 2.44 bits per heavy atom. The molecule has 0 nitrogen and oxygen atoms in total. The van der Waals surface area contributed by atoms with Crippen molar-refractivity contribution in [3.8, 4) is 0 Å². The predicted octanol–water partition coefficient (Wildman–Crippen LogP) is 3.20. The van der Waals surface area contributed by atoms with E-state index in [0.29, 0.717) is 0 Å². The van der Waals surface area contributed by atoms with Crippen molar-refractivity contribution in [1.29, 1.82) is 0 Å². The van der Waals surface area contributed by atoms with Crippen molar-refractivity contribution in [3.63, 3.8) is 0 Å². The van der Waals surface area contributed by atoms with Crippen molar-refractivity contribution in [3.05, 3.63) is 6.92 Å². The first-order valence-electron chi connectivity index (χ1n) is 3.78. The summed E-state index contributed by atoms with van der Waals surface area (Å²) in [6.45, 7) is 3.95. The van der Waals surface area contributed by atoms with Crippen LogP contribution in [0.1, 0.15) is 32.1 Å². The van der Waals surface area contributed by atoms with Crippen LogP contribution in [0, 0.1) is 12.8 Å². The minimum Gasteiger partial charge on any atom is -0.0823 e. The van der Waals surface area contributed by atoms with Crippen LogP contribution < -0.4 is 0 Å². The Morgan fingerprint density at radius 1 is 1.33 bits per heavy atom. The van der Waals surface area contributed by atoms with Gasteiger partial charge in [-0.25, -0.2) is 0 Å². The van der Waals surface area contributed by atoms with Crippen molar-refractivity contribution in [2.24, 2.45) is 5.92 Å². The summed E-state index contributed by atoms with van der Waals surface area (Å²) in [7, 11) is 0. The largest absolute Gasteiger partial charge is 0.0823 e. The Hall–Kier alpha value is 0.730. The van der Waals surface area contributed by atoms with Crippen molar-refractivity contribution in [2.45, 2.75) is 36.0 Å². The monoisotopic (exact) mass is 237 g/mol. The van der Waals surface area contributed by atoms with Gasteiger partial charge in [-0.05, 0) is 25.2 Å². The van der Waals surface area contributed by atoms with E-state index in [2.05, 4.69) is 29.5 Å². The minimum absolute atomic E-state index is 0.925. The smallest absolute Gasteiger partial charge is 0.0138 e. The molecule has 0 aromatic carbocycles. The van der Waals surface area contributed by atoms with Crippen LogP contribution in [0.2, 0.25) is 0 Å². The molecule has 1 heteroatoms. The SMILES string of the molecule is [CH2]CC1CCCCC1I. The maximum atomic E-state index is 3.95. The van der Waals surface area contributed by atoms with Crippen LogP contribution in [-0.2, 0) is 0 Å². The Bertz CT molecular complexity index is 80.6. The van der Waals surface area contributed by atoms with Gasteiger partial charge >= 0.3 is 0 Å². The van der Waals surface area contributed by atoms with Crippen molar-refractivity contribution < 1.29 is 0 Å². The molecule has 0 saturated heterocycles. The molecule has 0 heterocycles. The summed E-state index contributed by atoms with van der Waals surface area (Å²) in [5.41, 5.74) is 0. The summed E-state index contributed by atoms with van der Waals surface area (Å²) in [6.07, 6.45) is 6.90. The molecule has 9 heavy (non-hydrogen) atoms. The maximum Gasteiger partial charge on any atom is 0.0138 e. The normalized spacial score (nSPS) is 36.7. The average Bonchev–Trinajstić information content (AvgIpc) is 1.89. The molecule has 1 aliphatic rings. The maximum absolute atomic E-state index is 3.95. The Morgan fingerprint density at radius 2 is 2.00 bits per heavy atom. The average molecular weight is 237 g/mol. The molecule has 1 aliphatic carbocycles. The van der Waals surface area contributed by atoms with Crippen molar-refractivity contribution >= 4 is 22.6 Å². The van der Waals surface area contributed by atoms with Gasteiger partial charge in [-0.1, -0.05) is 42.4 Å². The van der Waals surface area contributed by atoms with Crippen LogP contribution in [-0.4, -0.2) is 3.92 Å². The van der Waals surface area contributed by atoms with Gasteiger partial charge in [0, 0.05) is 3.92 Å². The van der Waals surface area contributed by atoms with Gasteiger partial charge in [-0.15, -0.1) is 0 Å². The van der Waals surface area contributed by atoms with Gasteiger partial charge in [0.15, 0.2) is 0 Å². The van der Waals surface area contributed by atoms with Gasteiger partial charge < -0.3 is 0 Å². The summed E-state index contributed by atoms with van der Waals surface area (Å²) in [5.74, 6) is 0.930. The quantitative estimate of drug-likeness (QED) is 0.485. The third-order valence-electron chi connectivity index (χ3n) is 2.19. The van der Waals surface area contributed by atoms with Gasteiger partial charge in [-0.3, -0.25) is 0 Å². The van der Waals surface area contributed by atoms with Gasteiger partial charge in [-0.2, -0.15) is 0 Å². The van der Waals surface area contributed by atoms with E-state index in [4.69, 9.17) is 0 Å². The third kappa shape index (κ3) is 2.10. The summed E-state index contributed by atoms with van der Waals surface area (Å²) in [4.78, 5) is 0. The van der Waals surface area contributed by atoms with E-state index >= 15 is 0 Å². The van der Waals surface area contributed by atoms with E-state index in [1.54, 1.807) is 0 Å². The van der Waals surface area contributed by atoms with E-state index in [9.17, 15) is 0 Å². The molecule has 0 bridgehead atoms. The standard InChI is InChI=1S/C8H14I/c1-2-7-5-3-4-6-8(7)9/h7-8H,1-6H2. The van der Waals surface area contributed by atoms with Crippen LogP contribution >= 0.6 is 22.6 Å². The molecular weight excluding hydrogens is 223 g/mol. The molecule has 53 valence electrons. The van der Waals surface area contributed by atoms with Crippen LogP contribution in [0.25, 0.3) is 0 Å². The lowest BCUT2D eigenvalue weighted by atomic mass is 9.88. The zero-order valence-electron chi connectivity index (χ0n) is 5.78. The zero-order valence-corrected chi connectivity index (χ0v) is 7.93. The summed E-state index contributed by atoms with van der Waals surface area (Å²) < 4.78 is 0.925. The summed E-state index contributed by atoms with van der Waals surface area (Å²) in [6, 6.07) is 0. The lowest BCUT2D eigenvalue weighted by molar-refractivity contribution is 0.383. The fraction of sp³-hybridized carbons (Fsp3) is 0.875. The molecule has 0 aromatic rings. The van der Waals surface area contributed by atoms with Crippen LogP contribution in [0.15, 0.2) is 0 Å². The molecule has 0 N–H and O–H groups in total. The highest BCUT2D eigenvalue weighted by Gasteiger charge is 2.20. The number of hydrogen-bond acceptors (Lipinski definition) is 0. The van der Waals surface area contributed by atoms with E-state index in [-0.39, 0.29) is 0 Å². The Balaban J connectivity index is 2.30. The van der Waals surface area contributed by atoms with Crippen LogP contribution in [0.4, 0.5) is 0 Å².